The number of benzene rings is 2. The van der Waals surface area contributed by atoms with Crippen molar-refractivity contribution in [2.75, 3.05) is 44.8 Å². The molecule has 180 valence electrons. The van der Waals surface area contributed by atoms with Gasteiger partial charge in [-0.2, -0.15) is 18.4 Å². The number of piperidine rings is 1. The first-order valence-electron chi connectivity index (χ1n) is 11.1. The van der Waals surface area contributed by atoms with Crippen LogP contribution in [0.4, 0.5) is 18.9 Å². The summed E-state index contributed by atoms with van der Waals surface area (Å²) in [5.74, 6) is 0.707. The van der Waals surface area contributed by atoms with Gasteiger partial charge in [-0.3, -0.25) is 4.79 Å². The van der Waals surface area contributed by atoms with E-state index in [-0.39, 0.29) is 24.9 Å². The second-order valence-corrected chi connectivity index (χ2v) is 9.07. The molecular formula is C25H26F3N3O3. The van der Waals surface area contributed by atoms with Crippen LogP contribution in [0, 0.1) is 22.7 Å². The van der Waals surface area contributed by atoms with Crippen molar-refractivity contribution in [2.24, 2.45) is 11.3 Å². The Morgan fingerprint density at radius 2 is 1.97 bits per heavy atom. The number of carbonyl (C=O) groups excluding carboxylic acids is 1. The quantitative estimate of drug-likeness (QED) is 0.720. The summed E-state index contributed by atoms with van der Waals surface area (Å²) in [4.78, 5) is 16.6. The van der Waals surface area contributed by atoms with Crippen molar-refractivity contribution in [3.63, 3.8) is 0 Å². The van der Waals surface area contributed by atoms with E-state index in [4.69, 9.17) is 10.00 Å². The molecule has 2 aliphatic rings. The number of hydrogen-bond donors (Lipinski definition) is 1. The zero-order chi connectivity index (χ0) is 24.5. The van der Waals surface area contributed by atoms with E-state index in [1.807, 2.05) is 17.0 Å². The summed E-state index contributed by atoms with van der Waals surface area (Å²) in [6, 6.07) is 12.6. The van der Waals surface area contributed by atoms with E-state index in [1.54, 1.807) is 30.2 Å². The molecule has 0 aromatic heterocycles. The predicted molar refractivity (Wildman–Crippen MR) is 119 cm³/mol. The summed E-state index contributed by atoms with van der Waals surface area (Å²) in [6.07, 6.45) is -3.74. The molecule has 2 atom stereocenters. The zero-order valence-corrected chi connectivity index (χ0v) is 18.8. The SMILES string of the molecule is COc1ccc(CC(=O)N2CC[C@H]3CN(c4ccc(C#N)c(C(F)(F)F)c4)C[C@@]3(CO)C2)cc1. The molecule has 2 fully saturated rings. The van der Waals surface area contributed by atoms with Crippen LogP contribution in [-0.2, 0) is 17.4 Å². The molecule has 2 aromatic carbocycles. The Bertz CT molecular complexity index is 1100. The lowest BCUT2D eigenvalue weighted by atomic mass is 9.74. The molecule has 0 radical (unpaired) electrons. The molecule has 2 aromatic rings. The van der Waals surface area contributed by atoms with Crippen LogP contribution in [0.25, 0.3) is 0 Å². The topological polar surface area (TPSA) is 76.8 Å². The average molecular weight is 473 g/mol. The number of nitriles is 1. The number of rotatable bonds is 5. The molecule has 0 bridgehead atoms. The van der Waals surface area contributed by atoms with Gasteiger partial charge >= 0.3 is 6.18 Å². The van der Waals surface area contributed by atoms with Gasteiger partial charge in [0.1, 0.15) is 5.75 Å². The lowest BCUT2D eigenvalue weighted by molar-refractivity contribution is -0.138. The monoisotopic (exact) mass is 473 g/mol. The number of fused-ring (bicyclic) bond motifs is 1. The van der Waals surface area contributed by atoms with E-state index < -0.39 is 22.7 Å². The number of ether oxygens (including phenoxy) is 1. The number of aliphatic hydroxyl groups excluding tert-OH is 1. The summed E-state index contributed by atoms with van der Waals surface area (Å²) in [5, 5.41) is 19.4. The van der Waals surface area contributed by atoms with Crippen molar-refractivity contribution < 1.29 is 27.8 Å². The number of anilines is 1. The lowest BCUT2D eigenvalue weighted by Crippen LogP contribution is -2.53. The summed E-state index contributed by atoms with van der Waals surface area (Å²) >= 11 is 0. The van der Waals surface area contributed by atoms with Crippen LogP contribution >= 0.6 is 0 Å². The van der Waals surface area contributed by atoms with Crippen LogP contribution in [0.1, 0.15) is 23.1 Å². The minimum absolute atomic E-state index is 0.0485. The Kier molecular flexibility index (Phi) is 6.45. The van der Waals surface area contributed by atoms with Gasteiger partial charge in [0, 0.05) is 37.3 Å². The minimum Gasteiger partial charge on any atom is -0.497 e. The van der Waals surface area contributed by atoms with Crippen LogP contribution in [-0.4, -0.2) is 55.8 Å². The van der Waals surface area contributed by atoms with Crippen molar-refractivity contribution in [3.05, 3.63) is 59.2 Å². The van der Waals surface area contributed by atoms with Gasteiger partial charge in [0.25, 0.3) is 0 Å². The number of alkyl halides is 3. The molecule has 2 heterocycles. The van der Waals surface area contributed by atoms with Crippen molar-refractivity contribution >= 4 is 11.6 Å². The number of methoxy groups -OCH3 is 1. The number of amides is 1. The van der Waals surface area contributed by atoms with E-state index in [0.29, 0.717) is 44.0 Å². The molecule has 0 unspecified atom stereocenters. The summed E-state index contributed by atoms with van der Waals surface area (Å²) < 4.78 is 45.5. The highest BCUT2D eigenvalue weighted by molar-refractivity contribution is 5.79. The lowest BCUT2D eigenvalue weighted by Gasteiger charge is -2.43. The molecule has 4 rings (SSSR count). The third-order valence-electron chi connectivity index (χ3n) is 7.04. The van der Waals surface area contributed by atoms with Gasteiger partial charge in [-0.15, -0.1) is 0 Å². The number of nitrogens with zero attached hydrogens (tertiary/aromatic N) is 3. The molecule has 1 N–H and O–H groups in total. The highest BCUT2D eigenvalue weighted by Gasteiger charge is 2.50. The largest absolute Gasteiger partial charge is 0.497 e. The Balaban J connectivity index is 1.50. The normalized spacial score (nSPS) is 22.3. The smallest absolute Gasteiger partial charge is 0.417 e. The molecule has 34 heavy (non-hydrogen) atoms. The minimum atomic E-state index is -4.63. The number of carbonyl (C=O) groups is 1. The summed E-state index contributed by atoms with van der Waals surface area (Å²) in [7, 11) is 1.57. The maximum Gasteiger partial charge on any atom is 0.417 e. The maximum atomic E-state index is 13.4. The second kappa shape index (κ2) is 9.18. The fraction of sp³-hybridized carbons (Fsp3) is 0.440. The molecular weight excluding hydrogens is 447 g/mol. The first-order chi connectivity index (χ1) is 16.2. The Hall–Kier alpha value is -3.25. The number of halogens is 3. The molecule has 2 saturated heterocycles. The van der Waals surface area contributed by atoms with Crippen molar-refractivity contribution in [3.8, 4) is 11.8 Å². The molecule has 9 heteroatoms. The van der Waals surface area contributed by atoms with Gasteiger partial charge in [-0.05, 0) is 48.2 Å². The van der Waals surface area contributed by atoms with E-state index in [0.717, 1.165) is 11.6 Å². The highest BCUT2D eigenvalue weighted by Crippen LogP contribution is 2.44. The third kappa shape index (κ3) is 4.55. The molecule has 1 amide bonds. The van der Waals surface area contributed by atoms with Crippen LogP contribution < -0.4 is 9.64 Å². The second-order valence-electron chi connectivity index (χ2n) is 9.07. The first-order valence-corrected chi connectivity index (χ1v) is 11.1. The first kappa shape index (κ1) is 23.9. The fourth-order valence-electron chi connectivity index (χ4n) is 5.11. The number of aliphatic hydroxyl groups is 1. The predicted octanol–water partition coefficient (Wildman–Crippen LogP) is 3.48. The molecule has 6 nitrogen and oxygen atoms in total. The van der Waals surface area contributed by atoms with Crippen LogP contribution in [0.3, 0.4) is 0 Å². The standard InChI is InChI=1S/C25H26F3N3O3/c1-34-21-6-2-17(3-7-21)10-23(33)30-9-8-19-13-31(15-24(19,14-30)16-32)20-5-4-18(12-29)22(11-20)25(26,27)28/h2-7,11,19,32H,8-10,13-16H2,1H3/t19-,24+/m0/s1. The fourth-order valence-corrected chi connectivity index (χ4v) is 5.11. The summed E-state index contributed by atoms with van der Waals surface area (Å²) in [6.45, 7) is 1.55. The average Bonchev–Trinajstić information content (AvgIpc) is 3.23. The Labute approximate surface area is 196 Å². The molecule has 0 saturated carbocycles. The van der Waals surface area contributed by atoms with Gasteiger partial charge in [0.2, 0.25) is 5.91 Å². The van der Waals surface area contributed by atoms with Crippen molar-refractivity contribution in [2.45, 2.75) is 19.0 Å². The van der Waals surface area contributed by atoms with Gasteiger partial charge in [0.15, 0.2) is 0 Å². The Morgan fingerprint density at radius 3 is 2.59 bits per heavy atom. The van der Waals surface area contributed by atoms with Gasteiger partial charge < -0.3 is 19.6 Å². The summed E-state index contributed by atoms with van der Waals surface area (Å²) in [5.41, 5.74) is -0.766. The van der Waals surface area contributed by atoms with Gasteiger partial charge in [0.05, 0.1) is 37.3 Å². The van der Waals surface area contributed by atoms with E-state index >= 15 is 0 Å². The number of likely N-dealkylation sites (tertiary alicyclic amines) is 1. The van der Waals surface area contributed by atoms with Crippen LogP contribution in [0.15, 0.2) is 42.5 Å². The van der Waals surface area contributed by atoms with Crippen LogP contribution in [0.2, 0.25) is 0 Å². The molecule has 0 aliphatic carbocycles. The highest BCUT2D eigenvalue weighted by atomic mass is 19.4. The Morgan fingerprint density at radius 1 is 1.24 bits per heavy atom. The third-order valence-corrected chi connectivity index (χ3v) is 7.04. The van der Waals surface area contributed by atoms with Crippen molar-refractivity contribution in [1.82, 2.24) is 4.90 Å². The van der Waals surface area contributed by atoms with E-state index in [2.05, 4.69) is 0 Å². The van der Waals surface area contributed by atoms with Gasteiger partial charge in [-0.1, -0.05) is 12.1 Å². The molecule has 2 aliphatic heterocycles. The van der Waals surface area contributed by atoms with E-state index in [1.165, 1.54) is 12.1 Å². The number of hydrogen-bond acceptors (Lipinski definition) is 5. The maximum absolute atomic E-state index is 13.4. The zero-order valence-electron chi connectivity index (χ0n) is 18.8. The van der Waals surface area contributed by atoms with Crippen LogP contribution in [0.5, 0.6) is 5.75 Å². The van der Waals surface area contributed by atoms with E-state index in [9.17, 15) is 23.1 Å². The molecule has 0 spiro atoms. The van der Waals surface area contributed by atoms with Crippen molar-refractivity contribution in [1.29, 1.82) is 5.26 Å². The van der Waals surface area contributed by atoms with Gasteiger partial charge in [-0.25, -0.2) is 0 Å².